The summed E-state index contributed by atoms with van der Waals surface area (Å²) in [5, 5.41) is 7.04. The third-order valence-electron chi connectivity index (χ3n) is 3.73. The fourth-order valence-corrected chi connectivity index (χ4v) is 3.39. The van der Waals surface area contributed by atoms with Gasteiger partial charge in [-0.15, -0.1) is 0 Å². The largest absolute Gasteiger partial charge is 0.397 e. The van der Waals surface area contributed by atoms with Crippen LogP contribution in [0.5, 0.6) is 0 Å². The molecule has 0 aliphatic heterocycles. The smallest absolute Gasteiger partial charge is 0.251 e. The monoisotopic (exact) mass is 293 g/mol. The van der Waals surface area contributed by atoms with E-state index in [0.717, 1.165) is 23.8 Å². The van der Waals surface area contributed by atoms with E-state index in [2.05, 4.69) is 16.9 Å². The summed E-state index contributed by atoms with van der Waals surface area (Å²) in [7, 11) is 0. The second-order valence-electron chi connectivity index (χ2n) is 5.17. The normalized spacial score (nSPS) is 21.7. The van der Waals surface area contributed by atoms with Crippen molar-refractivity contribution in [1.29, 1.82) is 0 Å². The summed E-state index contributed by atoms with van der Waals surface area (Å²) < 4.78 is 0. The van der Waals surface area contributed by atoms with Gasteiger partial charge in [0.1, 0.15) is 0 Å². The molecule has 5 heteroatoms. The number of nitrogen functional groups attached to an aromatic ring is 1. The van der Waals surface area contributed by atoms with Crippen molar-refractivity contribution >= 4 is 29.0 Å². The van der Waals surface area contributed by atoms with Crippen LogP contribution in [-0.2, 0) is 0 Å². The first-order valence-corrected chi connectivity index (χ1v) is 8.40. The Balaban J connectivity index is 2.07. The molecule has 2 atom stereocenters. The molecule has 1 saturated carbocycles. The molecular formula is C15H23N3OS. The lowest BCUT2D eigenvalue weighted by Gasteiger charge is -2.17. The van der Waals surface area contributed by atoms with Crippen LogP contribution in [0, 0.1) is 0 Å². The molecule has 2 unspecified atom stereocenters. The predicted octanol–water partition coefficient (Wildman–Crippen LogP) is 2.71. The van der Waals surface area contributed by atoms with Crippen molar-refractivity contribution in [2.24, 2.45) is 0 Å². The van der Waals surface area contributed by atoms with Crippen molar-refractivity contribution in [3.8, 4) is 0 Å². The Hall–Kier alpha value is -1.36. The van der Waals surface area contributed by atoms with E-state index in [-0.39, 0.29) is 5.91 Å². The SMILES string of the molecule is CCNC(=O)c1ccc(N)c(NC2CCC(SC)C2)c1. The van der Waals surface area contributed by atoms with Gasteiger partial charge in [-0.3, -0.25) is 4.79 Å². The third-order valence-corrected chi connectivity index (χ3v) is 4.83. The van der Waals surface area contributed by atoms with Gasteiger partial charge in [0.15, 0.2) is 0 Å². The summed E-state index contributed by atoms with van der Waals surface area (Å²) in [6.07, 6.45) is 5.73. The van der Waals surface area contributed by atoms with Crippen LogP contribution in [0.1, 0.15) is 36.5 Å². The first-order valence-electron chi connectivity index (χ1n) is 7.11. The molecule has 1 aromatic rings. The molecular weight excluding hydrogens is 270 g/mol. The summed E-state index contributed by atoms with van der Waals surface area (Å²) in [5.74, 6) is -0.0519. The molecule has 4 N–H and O–H groups in total. The van der Waals surface area contributed by atoms with Crippen LogP contribution in [-0.4, -0.2) is 30.0 Å². The topological polar surface area (TPSA) is 67.2 Å². The van der Waals surface area contributed by atoms with E-state index >= 15 is 0 Å². The molecule has 2 rings (SSSR count). The van der Waals surface area contributed by atoms with Crippen molar-refractivity contribution in [3.63, 3.8) is 0 Å². The molecule has 0 radical (unpaired) electrons. The maximum absolute atomic E-state index is 11.9. The molecule has 1 amide bonds. The number of rotatable bonds is 5. The molecule has 110 valence electrons. The zero-order valence-electron chi connectivity index (χ0n) is 12.1. The average molecular weight is 293 g/mol. The van der Waals surface area contributed by atoms with Gasteiger partial charge in [-0.1, -0.05) is 0 Å². The van der Waals surface area contributed by atoms with Crippen molar-refractivity contribution in [1.82, 2.24) is 5.32 Å². The van der Waals surface area contributed by atoms with Gasteiger partial charge in [0.25, 0.3) is 5.91 Å². The minimum absolute atomic E-state index is 0.0519. The fourth-order valence-electron chi connectivity index (χ4n) is 2.59. The highest BCUT2D eigenvalue weighted by atomic mass is 32.2. The Morgan fingerprint density at radius 1 is 1.45 bits per heavy atom. The molecule has 0 spiro atoms. The second kappa shape index (κ2) is 6.88. The summed E-state index contributed by atoms with van der Waals surface area (Å²) in [5.41, 5.74) is 8.24. The number of thioether (sulfide) groups is 1. The van der Waals surface area contributed by atoms with Crippen molar-refractivity contribution in [2.75, 3.05) is 23.9 Å². The maximum atomic E-state index is 11.9. The van der Waals surface area contributed by atoms with E-state index in [1.807, 2.05) is 24.8 Å². The predicted molar refractivity (Wildman–Crippen MR) is 87.4 cm³/mol. The Morgan fingerprint density at radius 3 is 2.90 bits per heavy atom. The standard InChI is InChI=1S/C15H23N3OS/c1-3-17-15(19)10-4-7-13(16)14(8-10)18-11-5-6-12(9-11)20-2/h4,7-8,11-12,18H,3,5-6,9,16H2,1-2H3,(H,17,19). The quantitative estimate of drug-likeness (QED) is 0.730. The lowest BCUT2D eigenvalue weighted by Crippen LogP contribution is -2.23. The Morgan fingerprint density at radius 2 is 2.25 bits per heavy atom. The minimum Gasteiger partial charge on any atom is -0.397 e. The Bertz CT molecular complexity index is 478. The van der Waals surface area contributed by atoms with Crippen LogP contribution in [0.15, 0.2) is 18.2 Å². The molecule has 1 aliphatic rings. The number of benzene rings is 1. The van der Waals surface area contributed by atoms with E-state index < -0.39 is 0 Å². The minimum atomic E-state index is -0.0519. The van der Waals surface area contributed by atoms with Gasteiger partial charge in [0, 0.05) is 23.4 Å². The van der Waals surface area contributed by atoms with Gasteiger partial charge in [0.05, 0.1) is 11.4 Å². The number of amides is 1. The molecule has 1 fully saturated rings. The summed E-state index contributed by atoms with van der Waals surface area (Å²) in [4.78, 5) is 11.9. The highest BCUT2D eigenvalue weighted by Gasteiger charge is 2.24. The number of hydrogen-bond donors (Lipinski definition) is 3. The van der Waals surface area contributed by atoms with Crippen LogP contribution in [0.25, 0.3) is 0 Å². The van der Waals surface area contributed by atoms with Crippen LogP contribution < -0.4 is 16.4 Å². The number of hydrogen-bond acceptors (Lipinski definition) is 4. The van der Waals surface area contributed by atoms with E-state index in [0.29, 0.717) is 23.8 Å². The lowest BCUT2D eigenvalue weighted by molar-refractivity contribution is 0.0956. The van der Waals surface area contributed by atoms with Gasteiger partial charge in [-0.05, 0) is 50.6 Å². The first-order chi connectivity index (χ1) is 9.63. The van der Waals surface area contributed by atoms with Gasteiger partial charge < -0.3 is 16.4 Å². The van der Waals surface area contributed by atoms with Gasteiger partial charge >= 0.3 is 0 Å². The van der Waals surface area contributed by atoms with Crippen LogP contribution in [0.4, 0.5) is 11.4 Å². The second-order valence-corrected chi connectivity index (χ2v) is 6.31. The number of nitrogens with two attached hydrogens (primary N) is 1. The molecule has 4 nitrogen and oxygen atoms in total. The molecule has 0 aromatic heterocycles. The summed E-state index contributed by atoms with van der Waals surface area (Å²) in [6.45, 7) is 2.54. The van der Waals surface area contributed by atoms with Crippen LogP contribution >= 0.6 is 11.8 Å². The molecule has 0 saturated heterocycles. The Kier molecular flexibility index (Phi) is 5.17. The van der Waals surface area contributed by atoms with Gasteiger partial charge in [0.2, 0.25) is 0 Å². The molecule has 0 bridgehead atoms. The average Bonchev–Trinajstić information content (AvgIpc) is 2.89. The van der Waals surface area contributed by atoms with Crippen molar-refractivity contribution < 1.29 is 4.79 Å². The number of nitrogens with one attached hydrogen (secondary N) is 2. The van der Waals surface area contributed by atoms with Crippen LogP contribution in [0.2, 0.25) is 0 Å². The molecule has 1 aromatic carbocycles. The number of carbonyl (C=O) groups excluding carboxylic acids is 1. The van der Waals surface area contributed by atoms with Gasteiger partial charge in [-0.2, -0.15) is 11.8 Å². The van der Waals surface area contributed by atoms with E-state index in [1.54, 1.807) is 12.1 Å². The Labute approximate surface area is 124 Å². The molecule has 1 aliphatic carbocycles. The highest BCUT2D eigenvalue weighted by molar-refractivity contribution is 7.99. The van der Waals surface area contributed by atoms with Crippen molar-refractivity contribution in [2.45, 2.75) is 37.5 Å². The van der Waals surface area contributed by atoms with Crippen LogP contribution in [0.3, 0.4) is 0 Å². The zero-order valence-corrected chi connectivity index (χ0v) is 12.9. The zero-order chi connectivity index (χ0) is 14.5. The lowest BCUT2D eigenvalue weighted by atomic mass is 10.1. The van der Waals surface area contributed by atoms with E-state index in [1.165, 1.54) is 6.42 Å². The van der Waals surface area contributed by atoms with E-state index in [4.69, 9.17) is 5.73 Å². The van der Waals surface area contributed by atoms with Gasteiger partial charge in [-0.25, -0.2) is 0 Å². The highest BCUT2D eigenvalue weighted by Crippen LogP contribution is 2.31. The van der Waals surface area contributed by atoms with Crippen molar-refractivity contribution in [3.05, 3.63) is 23.8 Å². The van der Waals surface area contributed by atoms with E-state index in [9.17, 15) is 4.79 Å². The number of anilines is 2. The molecule has 0 heterocycles. The number of carbonyl (C=O) groups is 1. The molecule has 20 heavy (non-hydrogen) atoms. The maximum Gasteiger partial charge on any atom is 0.251 e. The fraction of sp³-hybridized carbons (Fsp3) is 0.533. The third kappa shape index (κ3) is 3.60. The summed E-state index contributed by atoms with van der Waals surface area (Å²) in [6, 6.07) is 5.88. The first kappa shape index (κ1) is 15.0. The summed E-state index contributed by atoms with van der Waals surface area (Å²) >= 11 is 1.93.